The van der Waals surface area contributed by atoms with Crippen molar-refractivity contribution in [1.82, 2.24) is 0 Å². The first-order chi connectivity index (χ1) is 14.1. The normalized spacial score (nSPS) is 14.2. The standard InChI is InChI=1S/C29H44S2.2Re/c1-11-26(31)23-18-22(13-15-25(23)28(6,7)8)29(9,10)21-12-14-24(27(3,4)5)20(17-21)16-19(2)30;;/h12-15,17-19,26,30-31H,11,16H2,1-10H3;;/p-2. The van der Waals surface area contributed by atoms with Gasteiger partial charge in [-0.25, -0.2) is 0 Å². The van der Waals surface area contributed by atoms with E-state index in [1.165, 1.54) is 33.4 Å². The zero-order valence-electron chi connectivity index (χ0n) is 22.1. The van der Waals surface area contributed by atoms with E-state index in [1.54, 1.807) is 0 Å². The first-order valence-corrected chi connectivity index (χ1v) is 12.6. The molecule has 0 aliphatic carbocycles. The molecule has 0 heterocycles. The van der Waals surface area contributed by atoms with Gasteiger partial charge in [-0.1, -0.05) is 118 Å². The zero-order valence-corrected chi connectivity index (χ0v) is 29.2. The fourth-order valence-electron chi connectivity index (χ4n) is 4.48. The fourth-order valence-corrected chi connectivity index (χ4v) is 4.85. The second kappa shape index (κ2) is 12.6. The van der Waals surface area contributed by atoms with Crippen LogP contribution in [0.25, 0.3) is 0 Å². The Kier molecular flexibility index (Phi) is 12.8. The van der Waals surface area contributed by atoms with E-state index in [0.29, 0.717) is 0 Å². The zero-order chi connectivity index (χ0) is 23.8. The van der Waals surface area contributed by atoms with Crippen LogP contribution in [0.5, 0.6) is 0 Å². The molecule has 0 saturated heterocycles. The molecule has 186 valence electrons. The monoisotopic (exact) mass is 828 g/mol. The van der Waals surface area contributed by atoms with E-state index in [0.717, 1.165) is 12.8 Å². The van der Waals surface area contributed by atoms with Crippen LogP contribution >= 0.6 is 0 Å². The Morgan fingerprint density at radius 1 is 0.727 bits per heavy atom. The molecule has 0 aromatic heterocycles. The van der Waals surface area contributed by atoms with E-state index >= 15 is 0 Å². The predicted molar refractivity (Wildman–Crippen MR) is 143 cm³/mol. The first-order valence-electron chi connectivity index (χ1n) is 11.7. The van der Waals surface area contributed by atoms with Crippen molar-refractivity contribution in [3.8, 4) is 0 Å². The van der Waals surface area contributed by atoms with Gasteiger partial charge >= 0.3 is 0 Å². The van der Waals surface area contributed by atoms with Crippen LogP contribution in [0, 0.1) is 0 Å². The summed E-state index contributed by atoms with van der Waals surface area (Å²) >= 11 is 11.4. The summed E-state index contributed by atoms with van der Waals surface area (Å²) in [5.74, 6) is 0. The molecule has 2 unspecified atom stereocenters. The average molecular weight is 827 g/mol. The van der Waals surface area contributed by atoms with Crippen LogP contribution in [-0.4, -0.2) is 5.25 Å². The summed E-state index contributed by atoms with van der Waals surface area (Å²) in [5.41, 5.74) is 8.26. The minimum atomic E-state index is -0.107. The average Bonchev–Trinajstić information content (AvgIpc) is 2.64. The van der Waals surface area contributed by atoms with Crippen molar-refractivity contribution in [3.05, 3.63) is 69.8 Å². The van der Waals surface area contributed by atoms with Gasteiger partial charge < -0.3 is 25.3 Å². The Hall–Kier alpha value is 0.465. The van der Waals surface area contributed by atoms with Crippen LogP contribution in [0.2, 0.25) is 0 Å². The third-order valence-electron chi connectivity index (χ3n) is 6.44. The van der Waals surface area contributed by atoms with E-state index in [2.05, 4.69) is 106 Å². The molecule has 0 N–H and O–H groups in total. The van der Waals surface area contributed by atoms with Crippen LogP contribution in [0.4, 0.5) is 0 Å². The van der Waals surface area contributed by atoms with Gasteiger partial charge in [0.1, 0.15) is 0 Å². The van der Waals surface area contributed by atoms with Gasteiger partial charge in [0.05, 0.1) is 0 Å². The van der Waals surface area contributed by atoms with Gasteiger partial charge in [0, 0.05) is 46.3 Å². The van der Waals surface area contributed by atoms with E-state index < -0.39 is 0 Å². The molecule has 0 spiro atoms. The largest absolute Gasteiger partial charge is 0.789 e. The van der Waals surface area contributed by atoms with Crippen LogP contribution in [-0.2, 0) is 88.8 Å². The molecule has 0 amide bonds. The van der Waals surface area contributed by atoms with E-state index in [9.17, 15) is 0 Å². The van der Waals surface area contributed by atoms with Crippen molar-refractivity contribution >= 4 is 25.3 Å². The van der Waals surface area contributed by atoms with Gasteiger partial charge in [-0.15, -0.1) is 5.25 Å². The Morgan fingerprint density at radius 3 is 1.61 bits per heavy atom. The SMILES string of the molecule is CCC([S-])c1cc(C(C)(C)c2ccc(C(C)(C)C)c(CC(C)[S-])c2)ccc1C(C)(C)C.[Re].[Re]. The van der Waals surface area contributed by atoms with E-state index in [1.807, 2.05) is 0 Å². The summed E-state index contributed by atoms with van der Waals surface area (Å²) < 4.78 is 0. The van der Waals surface area contributed by atoms with Crippen molar-refractivity contribution in [1.29, 1.82) is 0 Å². The summed E-state index contributed by atoms with van der Waals surface area (Å²) in [4.78, 5) is 0. The quantitative estimate of drug-likeness (QED) is 0.271. The van der Waals surface area contributed by atoms with Gasteiger partial charge in [-0.05, 0) is 45.1 Å². The van der Waals surface area contributed by atoms with Crippen LogP contribution in [0.15, 0.2) is 36.4 Å². The molecule has 0 aliphatic rings. The smallest absolute Gasteiger partial charge is 0.0146 e. The predicted octanol–water partition coefficient (Wildman–Crippen LogP) is 8.08. The van der Waals surface area contributed by atoms with Crippen molar-refractivity contribution in [3.63, 3.8) is 0 Å². The van der Waals surface area contributed by atoms with Gasteiger partial charge in [0.25, 0.3) is 0 Å². The minimum Gasteiger partial charge on any atom is -0.789 e. The molecule has 2 aromatic rings. The minimum absolute atomic E-state index is 0. The summed E-state index contributed by atoms with van der Waals surface area (Å²) in [6.45, 7) is 22.7. The Balaban J connectivity index is 0.00000512. The van der Waals surface area contributed by atoms with Crippen molar-refractivity contribution in [2.24, 2.45) is 0 Å². The van der Waals surface area contributed by atoms with Crippen LogP contribution in [0.1, 0.15) is 114 Å². The molecule has 0 aliphatic heterocycles. The van der Waals surface area contributed by atoms with Crippen molar-refractivity contribution < 1.29 is 40.8 Å². The van der Waals surface area contributed by atoms with Gasteiger partial charge in [-0.3, -0.25) is 0 Å². The molecule has 33 heavy (non-hydrogen) atoms. The molecular weight excluding hydrogens is 785 g/mol. The number of benzene rings is 2. The maximum atomic E-state index is 5.88. The summed E-state index contributed by atoms with van der Waals surface area (Å²) in [7, 11) is 0. The first kappa shape index (κ1) is 33.5. The second-order valence-corrected chi connectivity index (χ2v) is 13.1. The topological polar surface area (TPSA) is 0 Å². The molecule has 2 aromatic carbocycles. The maximum absolute atomic E-state index is 5.88. The van der Waals surface area contributed by atoms with E-state index in [4.69, 9.17) is 25.3 Å². The van der Waals surface area contributed by atoms with Crippen molar-refractivity contribution in [2.45, 2.75) is 109 Å². The number of hydrogen-bond donors (Lipinski definition) is 0. The molecule has 0 fully saturated rings. The molecule has 2 atom stereocenters. The summed E-state index contributed by atoms with van der Waals surface area (Å²) in [6, 6.07) is 14.1. The Labute approximate surface area is 243 Å². The van der Waals surface area contributed by atoms with Crippen LogP contribution in [0.3, 0.4) is 0 Å². The third-order valence-corrected chi connectivity index (χ3v) is 7.20. The molecule has 0 saturated carbocycles. The van der Waals surface area contributed by atoms with Crippen LogP contribution < -0.4 is 0 Å². The molecule has 0 bridgehead atoms. The molecule has 0 nitrogen and oxygen atoms in total. The molecule has 2 radical (unpaired) electrons. The molecular formula is C29H42Re2S2-2. The number of hydrogen-bond acceptors (Lipinski definition) is 2. The van der Waals surface area contributed by atoms with Crippen molar-refractivity contribution in [2.75, 3.05) is 0 Å². The third kappa shape index (κ3) is 8.24. The van der Waals surface area contributed by atoms with Gasteiger partial charge in [0.15, 0.2) is 0 Å². The Morgan fingerprint density at radius 2 is 1.18 bits per heavy atom. The molecule has 2 rings (SSSR count). The van der Waals surface area contributed by atoms with Gasteiger partial charge in [0.2, 0.25) is 0 Å². The van der Waals surface area contributed by atoms with E-state index in [-0.39, 0.29) is 67.6 Å². The van der Waals surface area contributed by atoms with Gasteiger partial charge in [-0.2, -0.15) is 5.25 Å². The maximum Gasteiger partial charge on any atom is 0.0146 e. The summed E-state index contributed by atoms with van der Waals surface area (Å²) in [5, 5.41) is 0.368. The second-order valence-electron chi connectivity index (χ2n) is 11.7. The summed E-state index contributed by atoms with van der Waals surface area (Å²) in [6.07, 6.45) is 1.91. The fraction of sp³-hybridized carbons (Fsp3) is 0.586. The molecule has 4 heteroatoms. The number of rotatable bonds is 6. The Bertz CT molecular complexity index is 903.